The molecule has 1 N–H and O–H groups in total. The summed E-state index contributed by atoms with van der Waals surface area (Å²) in [5.41, 5.74) is 0. The van der Waals surface area contributed by atoms with E-state index in [2.05, 4.69) is 5.10 Å². The van der Waals surface area contributed by atoms with E-state index in [-0.39, 0.29) is 6.61 Å². The summed E-state index contributed by atoms with van der Waals surface area (Å²) in [5.74, 6) is 3.17. The fraction of sp³-hybridized carbons (Fsp3) is 0.846. The lowest BCUT2D eigenvalue weighted by molar-refractivity contribution is 0.185. The normalized spacial score (nSPS) is 25.8. The fourth-order valence-corrected chi connectivity index (χ4v) is 3.08. The lowest BCUT2D eigenvalue weighted by Gasteiger charge is -2.20. The molecule has 1 atom stereocenters. The van der Waals surface area contributed by atoms with Gasteiger partial charge in [0.1, 0.15) is 5.82 Å². The van der Waals surface area contributed by atoms with E-state index in [0.717, 1.165) is 31.0 Å². The predicted octanol–water partition coefficient (Wildman–Crippen LogP) is 1.88. The average molecular weight is 235 g/mol. The molecular formula is C13H21N3O. The van der Waals surface area contributed by atoms with Crippen LogP contribution in [-0.4, -0.2) is 26.5 Å². The van der Waals surface area contributed by atoms with Crippen molar-refractivity contribution in [3.8, 4) is 0 Å². The van der Waals surface area contributed by atoms with E-state index in [9.17, 15) is 5.11 Å². The number of nitrogens with zero attached hydrogens (tertiary/aromatic N) is 3. The third-order valence-electron chi connectivity index (χ3n) is 4.20. The second-order valence-electron chi connectivity index (χ2n) is 5.49. The zero-order chi connectivity index (χ0) is 11.7. The molecule has 4 heteroatoms. The van der Waals surface area contributed by atoms with Gasteiger partial charge >= 0.3 is 0 Å². The maximum Gasteiger partial charge on any atom is 0.154 e. The van der Waals surface area contributed by atoms with E-state index in [0.29, 0.717) is 11.8 Å². The first kappa shape index (κ1) is 11.2. The Hall–Kier alpha value is -0.900. The van der Waals surface area contributed by atoms with Crippen LogP contribution in [0.15, 0.2) is 0 Å². The van der Waals surface area contributed by atoms with Crippen molar-refractivity contribution in [2.75, 3.05) is 6.61 Å². The molecule has 1 fully saturated rings. The van der Waals surface area contributed by atoms with Crippen LogP contribution in [0.25, 0.3) is 0 Å². The van der Waals surface area contributed by atoms with E-state index in [1.807, 2.05) is 4.68 Å². The summed E-state index contributed by atoms with van der Waals surface area (Å²) >= 11 is 0. The highest BCUT2D eigenvalue weighted by Gasteiger charge is 2.25. The molecule has 17 heavy (non-hydrogen) atoms. The van der Waals surface area contributed by atoms with Crippen LogP contribution in [0, 0.1) is 5.92 Å². The van der Waals surface area contributed by atoms with Crippen LogP contribution in [-0.2, 0) is 13.0 Å². The Morgan fingerprint density at radius 2 is 2.00 bits per heavy atom. The first-order valence-electron chi connectivity index (χ1n) is 6.91. The van der Waals surface area contributed by atoms with Crippen LogP contribution in [0.1, 0.15) is 56.1 Å². The minimum Gasteiger partial charge on any atom is -0.396 e. The molecule has 1 aliphatic heterocycles. The number of aromatic nitrogens is 3. The van der Waals surface area contributed by atoms with Crippen LogP contribution >= 0.6 is 0 Å². The molecule has 0 bridgehead atoms. The summed E-state index contributed by atoms with van der Waals surface area (Å²) in [6, 6.07) is 0. The Labute approximate surface area is 102 Å². The van der Waals surface area contributed by atoms with Crippen molar-refractivity contribution in [3.05, 3.63) is 11.6 Å². The van der Waals surface area contributed by atoms with Gasteiger partial charge in [0.2, 0.25) is 0 Å². The number of hydrogen-bond donors (Lipinski definition) is 1. The Morgan fingerprint density at radius 1 is 1.18 bits per heavy atom. The molecule has 0 spiro atoms. The molecule has 1 aliphatic carbocycles. The van der Waals surface area contributed by atoms with Crippen LogP contribution in [0.3, 0.4) is 0 Å². The van der Waals surface area contributed by atoms with E-state index in [4.69, 9.17) is 4.98 Å². The molecule has 2 aliphatic rings. The monoisotopic (exact) mass is 235 g/mol. The maximum absolute atomic E-state index is 9.21. The number of hydrogen-bond acceptors (Lipinski definition) is 3. The number of rotatable bonds is 2. The lowest BCUT2D eigenvalue weighted by atomic mass is 9.89. The third kappa shape index (κ3) is 2.23. The molecule has 1 aromatic rings. The molecule has 0 amide bonds. The molecule has 2 heterocycles. The summed E-state index contributed by atoms with van der Waals surface area (Å²) < 4.78 is 2.04. The van der Waals surface area contributed by atoms with E-state index in [1.54, 1.807) is 0 Å². The van der Waals surface area contributed by atoms with Gasteiger partial charge in [0, 0.05) is 31.4 Å². The second-order valence-corrected chi connectivity index (χ2v) is 5.49. The highest BCUT2D eigenvalue weighted by atomic mass is 16.3. The third-order valence-corrected chi connectivity index (χ3v) is 4.20. The molecule has 4 nitrogen and oxygen atoms in total. The van der Waals surface area contributed by atoms with Crippen molar-refractivity contribution in [3.63, 3.8) is 0 Å². The number of fused-ring (bicyclic) bond motifs is 1. The van der Waals surface area contributed by atoms with Gasteiger partial charge in [-0.2, -0.15) is 5.10 Å². The molecule has 0 aromatic carbocycles. The number of aliphatic hydroxyl groups excluding tert-OH is 1. The van der Waals surface area contributed by atoms with Gasteiger partial charge < -0.3 is 5.11 Å². The van der Waals surface area contributed by atoms with Gasteiger partial charge in [0.05, 0.1) is 0 Å². The van der Waals surface area contributed by atoms with Crippen LogP contribution < -0.4 is 0 Å². The van der Waals surface area contributed by atoms with Gasteiger partial charge in [-0.05, 0) is 19.3 Å². The van der Waals surface area contributed by atoms with Crippen molar-refractivity contribution >= 4 is 0 Å². The van der Waals surface area contributed by atoms with Gasteiger partial charge in [0.25, 0.3) is 0 Å². The van der Waals surface area contributed by atoms with Gasteiger partial charge in [-0.25, -0.2) is 9.67 Å². The lowest BCUT2D eigenvalue weighted by Crippen LogP contribution is -2.23. The van der Waals surface area contributed by atoms with E-state index >= 15 is 0 Å². The minimum atomic E-state index is 0.276. The predicted molar refractivity (Wildman–Crippen MR) is 64.7 cm³/mol. The first-order valence-corrected chi connectivity index (χ1v) is 6.91. The molecule has 0 radical (unpaired) electrons. The van der Waals surface area contributed by atoms with Crippen molar-refractivity contribution in [2.24, 2.45) is 5.92 Å². The molecule has 1 unspecified atom stereocenters. The van der Waals surface area contributed by atoms with Gasteiger partial charge in [-0.3, -0.25) is 0 Å². The maximum atomic E-state index is 9.21. The highest BCUT2D eigenvalue weighted by molar-refractivity contribution is 5.02. The zero-order valence-electron chi connectivity index (χ0n) is 10.3. The summed E-state index contributed by atoms with van der Waals surface area (Å²) in [6.45, 7) is 1.13. The fourth-order valence-electron chi connectivity index (χ4n) is 3.08. The summed E-state index contributed by atoms with van der Waals surface area (Å²) in [4.78, 5) is 4.71. The highest BCUT2D eigenvalue weighted by Crippen LogP contribution is 2.31. The van der Waals surface area contributed by atoms with Crippen LogP contribution in [0.2, 0.25) is 0 Å². The van der Waals surface area contributed by atoms with Crippen molar-refractivity contribution in [1.82, 2.24) is 14.8 Å². The minimum absolute atomic E-state index is 0.276. The summed E-state index contributed by atoms with van der Waals surface area (Å²) in [5, 5.41) is 13.9. The summed E-state index contributed by atoms with van der Waals surface area (Å²) in [7, 11) is 0. The van der Waals surface area contributed by atoms with Gasteiger partial charge in [-0.1, -0.05) is 19.3 Å². The Morgan fingerprint density at radius 3 is 2.76 bits per heavy atom. The SMILES string of the molecule is OCC1CCc2nc(C3CCCCC3)nn2C1. The first-order chi connectivity index (χ1) is 8.36. The molecule has 1 aromatic heterocycles. The topological polar surface area (TPSA) is 50.9 Å². The summed E-state index contributed by atoms with van der Waals surface area (Å²) in [6.07, 6.45) is 8.57. The number of aliphatic hydroxyl groups is 1. The number of aryl methyl sites for hydroxylation is 1. The average Bonchev–Trinajstić information content (AvgIpc) is 2.82. The Balaban J connectivity index is 1.77. The van der Waals surface area contributed by atoms with Crippen molar-refractivity contribution < 1.29 is 5.11 Å². The Bertz CT molecular complexity index is 382. The van der Waals surface area contributed by atoms with Crippen molar-refractivity contribution in [1.29, 1.82) is 0 Å². The molecule has 1 saturated carbocycles. The van der Waals surface area contributed by atoms with Gasteiger partial charge in [0.15, 0.2) is 5.82 Å². The van der Waals surface area contributed by atoms with Crippen molar-refractivity contribution in [2.45, 2.75) is 57.4 Å². The standard InChI is InChI=1S/C13H21N3O/c17-9-10-6-7-12-14-13(15-16(12)8-10)11-4-2-1-3-5-11/h10-11,17H,1-9H2. The zero-order valence-corrected chi connectivity index (χ0v) is 10.3. The van der Waals surface area contributed by atoms with E-state index in [1.165, 1.54) is 32.1 Å². The van der Waals surface area contributed by atoms with E-state index < -0.39 is 0 Å². The van der Waals surface area contributed by atoms with Crippen LogP contribution in [0.4, 0.5) is 0 Å². The smallest absolute Gasteiger partial charge is 0.154 e. The molecule has 3 rings (SSSR count). The molecular weight excluding hydrogens is 214 g/mol. The second kappa shape index (κ2) is 4.77. The molecule has 94 valence electrons. The molecule has 0 saturated heterocycles. The van der Waals surface area contributed by atoms with Crippen LogP contribution in [0.5, 0.6) is 0 Å². The van der Waals surface area contributed by atoms with Gasteiger partial charge in [-0.15, -0.1) is 0 Å². The quantitative estimate of drug-likeness (QED) is 0.851. The largest absolute Gasteiger partial charge is 0.396 e. The Kier molecular flexibility index (Phi) is 3.14.